The van der Waals surface area contributed by atoms with Crippen LogP contribution < -0.4 is 0 Å². The van der Waals surface area contributed by atoms with E-state index in [0.717, 1.165) is 26.9 Å². The quantitative estimate of drug-likeness (QED) is 0.905. The number of thiazole rings is 1. The molecule has 0 radical (unpaired) electrons. The summed E-state index contributed by atoms with van der Waals surface area (Å²) in [7, 11) is 0. The monoisotopic (exact) mass is 265 g/mol. The number of aliphatic hydroxyl groups excluding tert-OH is 1. The molecule has 17 heavy (non-hydrogen) atoms. The molecule has 1 aromatic heterocycles. The number of rotatable bonds is 4. The van der Waals surface area contributed by atoms with E-state index < -0.39 is 0 Å². The molecule has 0 saturated heterocycles. The lowest BCUT2D eigenvalue weighted by molar-refractivity contribution is 0.171. The molecule has 0 fully saturated rings. The third kappa shape index (κ3) is 3.09. The molecule has 2 rings (SSSR count). The van der Waals surface area contributed by atoms with Crippen LogP contribution in [-0.4, -0.2) is 10.1 Å². The Kier molecular flexibility index (Phi) is 4.20. The molecule has 1 N–H and O–H groups in total. The molecule has 4 heteroatoms. The summed E-state index contributed by atoms with van der Waals surface area (Å²) >= 11 is 3.27. The van der Waals surface area contributed by atoms with Gasteiger partial charge < -0.3 is 5.11 Å². The summed E-state index contributed by atoms with van der Waals surface area (Å²) < 4.78 is 1.03. The average molecular weight is 265 g/mol. The van der Waals surface area contributed by atoms with E-state index in [1.165, 1.54) is 0 Å². The Hall–Kier alpha value is -0.840. The summed E-state index contributed by atoms with van der Waals surface area (Å²) in [5.41, 5.74) is 2.04. The fraction of sp³-hybridized carbons (Fsp3) is 0.308. The zero-order chi connectivity index (χ0) is 12.3. The first-order valence-corrected chi connectivity index (χ1v) is 7.27. The molecule has 0 saturated carbocycles. The van der Waals surface area contributed by atoms with Gasteiger partial charge >= 0.3 is 0 Å². The minimum Gasteiger partial charge on any atom is -0.388 e. The fourth-order valence-electron chi connectivity index (χ4n) is 1.54. The first-order valence-electron chi connectivity index (χ1n) is 5.57. The minimum absolute atomic E-state index is 0.389. The molecule has 0 amide bonds. The average Bonchev–Trinajstić information content (AvgIpc) is 2.74. The van der Waals surface area contributed by atoms with Crippen molar-refractivity contribution in [1.82, 2.24) is 4.98 Å². The summed E-state index contributed by atoms with van der Waals surface area (Å²) in [6.07, 6.45) is 0.342. The Morgan fingerprint density at radius 2 is 2.18 bits per heavy atom. The van der Waals surface area contributed by atoms with E-state index in [4.69, 9.17) is 0 Å². The maximum atomic E-state index is 9.96. The largest absolute Gasteiger partial charge is 0.388 e. The van der Waals surface area contributed by atoms with Gasteiger partial charge in [0.25, 0.3) is 0 Å². The fourth-order valence-corrected chi connectivity index (χ4v) is 3.52. The molecule has 0 spiro atoms. The van der Waals surface area contributed by atoms with Gasteiger partial charge in [-0.05, 0) is 25.0 Å². The molecule has 0 aliphatic heterocycles. The number of aliphatic hydroxyl groups is 1. The molecule has 2 aromatic rings. The van der Waals surface area contributed by atoms with Crippen LogP contribution in [-0.2, 0) is 0 Å². The Bertz CT molecular complexity index is 496. The highest BCUT2D eigenvalue weighted by atomic mass is 32.2. The van der Waals surface area contributed by atoms with Crippen molar-refractivity contribution in [3.05, 3.63) is 40.9 Å². The van der Waals surface area contributed by atoms with Crippen LogP contribution in [0.5, 0.6) is 0 Å². The van der Waals surface area contributed by atoms with E-state index in [-0.39, 0.29) is 6.10 Å². The molecule has 2 nitrogen and oxygen atoms in total. The topological polar surface area (TPSA) is 33.1 Å². The molecule has 1 heterocycles. The van der Waals surface area contributed by atoms with Crippen molar-refractivity contribution in [3.63, 3.8) is 0 Å². The summed E-state index contributed by atoms with van der Waals surface area (Å²) in [5.74, 6) is 0. The van der Waals surface area contributed by atoms with Crippen molar-refractivity contribution < 1.29 is 5.11 Å². The maximum absolute atomic E-state index is 9.96. The van der Waals surface area contributed by atoms with Crippen LogP contribution in [0.2, 0.25) is 0 Å². The third-order valence-corrected chi connectivity index (χ3v) is 4.61. The second-order valence-corrected chi connectivity index (χ2v) is 5.97. The predicted molar refractivity (Wildman–Crippen MR) is 72.7 cm³/mol. The number of hydrogen-bond acceptors (Lipinski definition) is 4. The number of benzene rings is 1. The maximum Gasteiger partial charge on any atom is 0.154 e. The molecule has 90 valence electrons. The Morgan fingerprint density at radius 1 is 1.41 bits per heavy atom. The Morgan fingerprint density at radius 3 is 2.82 bits per heavy atom. The minimum atomic E-state index is -0.389. The van der Waals surface area contributed by atoms with Crippen LogP contribution in [0.15, 0.2) is 38.9 Å². The van der Waals surface area contributed by atoms with E-state index >= 15 is 0 Å². The van der Waals surface area contributed by atoms with Gasteiger partial charge in [-0.15, -0.1) is 11.3 Å². The normalized spacial score (nSPS) is 12.6. The Labute approximate surface area is 110 Å². The van der Waals surface area contributed by atoms with Gasteiger partial charge in [0.1, 0.15) is 0 Å². The van der Waals surface area contributed by atoms with Gasteiger partial charge in [-0.3, -0.25) is 0 Å². The molecular weight excluding hydrogens is 250 g/mol. The molecule has 1 aromatic carbocycles. The SMILES string of the molecule is CC[C@@H](O)c1ccccc1Sc1nc(C)cs1. The summed E-state index contributed by atoms with van der Waals surface area (Å²) in [5, 5.41) is 12.0. The van der Waals surface area contributed by atoms with Gasteiger partial charge in [0, 0.05) is 16.0 Å². The highest BCUT2D eigenvalue weighted by molar-refractivity contribution is 8.01. The lowest BCUT2D eigenvalue weighted by atomic mass is 10.1. The van der Waals surface area contributed by atoms with Gasteiger partial charge in [0.15, 0.2) is 4.34 Å². The number of aromatic nitrogens is 1. The van der Waals surface area contributed by atoms with Crippen LogP contribution >= 0.6 is 23.1 Å². The van der Waals surface area contributed by atoms with Crippen LogP contribution in [0, 0.1) is 6.92 Å². The van der Waals surface area contributed by atoms with Crippen molar-refractivity contribution in [3.8, 4) is 0 Å². The van der Waals surface area contributed by atoms with Gasteiger partial charge in [-0.1, -0.05) is 36.9 Å². The zero-order valence-electron chi connectivity index (χ0n) is 9.88. The summed E-state index contributed by atoms with van der Waals surface area (Å²) in [4.78, 5) is 5.53. The third-order valence-electron chi connectivity index (χ3n) is 2.46. The first-order chi connectivity index (χ1) is 8.20. The van der Waals surface area contributed by atoms with E-state index in [2.05, 4.69) is 4.98 Å². The lowest BCUT2D eigenvalue weighted by Crippen LogP contribution is -1.96. The van der Waals surface area contributed by atoms with E-state index in [0.29, 0.717) is 0 Å². The smallest absolute Gasteiger partial charge is 0.154 e. The van der Waals surface area contributed by atoms with Gasteiger partial charge in [-0.25, -0.2) is 4.98 Å². The molecule has 0 unspecified atom stereocenters. The van der Waals surface area contributed by atoms with Crippen LogP contribution in [0.25, 0.3) is 0 Å². The first kappa shape index (κ1) is 12.6. The van der Waals surface area contributed by atoms with Crippen molar-refractivity contribution in [2.75, 3.05) is 0 Å². The van der Waals surface area contributed by atoms with Crippen LogP contribution in [0.1, 0.15) is 30.7 Å². The van der Waals surface area contributed by atoms with E-state index in [9.17, 15) is 5.11 Å². The highest BCUT2D eigenvalue weighted by Gasteiger charge is 2.12. The number of hydrogen-bond donors (Lipinski definition) is 1. The van der Waals surface area contributed by atoms with Gasteiger partial charge in [0.05, 0.1) is 6.10 Å². The van der Waals surface area contributed by atoms with Crippen molar-refractivity contribution in [1.29, 1.82) is 0 Å². The molecule has 1 atom stereocenters. The molecular formula is C13H15NOS2. The van der Waals surface area contributed by atoms with E-state index in [1.807, 2.05) is 43.5 Å². The van der Waals surface area contributed by atoms with Gasteiger partial charge in [-0.2, -0.15) is 0 Å². The predicted octanol–water partition coefficient (Wildman–Crippen LogP) is 4.05. The molecule has 0 aliphatic carbocycles. The van der Waals surface area contributed by atoms with E-state index in [1.54, 1.807) is 23.1 Å². The standard InChI is InChI=1S/C13H15NOS2/c1-3-11(15)10-6-4-5-7-12(10)17-13-14-9(2)8-16-13/h4-8,11,15H,3H2,1-2H3/t11-/m1/s1. The highest BCUT2D eigenvalue weighted by Crippen LogP contribution is 2.35. The van der Waals surface area contributed by atoms with Crippen LogP contribution in [0.3, 0.4) is 0 Å². The zero-order valence-corrected chi connectivity index (χ0v) is 11.5. The lowest BCUT2D eigenvalue weighted by Gasteiger charge is -2.12. The van der Waals surface area contributed by atoms with Crippen molar-refractivity contribution in [2.45, 2.75) is 35.6 Å². The van der Waals surface area contributed by atoms with Crippen molar-refractivity contribution in [2.24, 2.45) is 0 Å². The molecule has 0 aliphatic rings. The molecule has 0 bridgehead atoms. The van der Waals surface area contributed by atoms with Gasteiger partial charge in [0.2, 0.25) is 0 Å². The summed E-state index contributed by atoms with van der Waals surface area (Å²) in [6.45, 7) is 3.98. The van der Waals surface area contributed by atoms with Crippen LogP contribution in [0.4, 0.5) is 0 Å². The number of aryl methyl sites for hydroxylation is 1. The number of nitrogens with zero attached hydrogens (tertiary/aromatic N) is 1. The second kappa shape index (κ2) is 5.67. The summed E-state index contributed by atoms with van der Waals surface area (Å²) in [6, 6.07) is 7.98. The Balaban J connectivity index is 2.26. The second-order valence-electron chi connectivity index (χ2n) is 3.82. The van der Waals surface area contributed by atoms with Crippen molar-refractivity contribution >= 4 is 23.1 Å².